The first-order valence-electron chi connectivity index (χ1n) is 10.5. The third kappa shape index (κ3) is 4.24. The third-order valence-electron chi connectivity index (χ3n) is 5.79. The number of fused-ring (bicyclic) bond motifs is 1. The molecule has 2 N–H and O–H groups in total. The number of nitrogens with one attached hydrogen (secondary N) is 2. The summed E-state index contributed by atoms with van der Waals surface area (Å²) in [7, 11) is -3.84. The molecule has 1 atom stereocenters. The van der Waals surface area contributed by atoms with Crippen LogP contribution in [0, 0.1) is 12.7 Å². The fourth-order valence-electron chi connectivity index (χ4n) is 4.17. The topological polar surface area (TPSA) is 73.8 Å². The van der Waals surface area contributed by atoms with Crippen molar-refractivity contribution < 1.29 is 12.8 Å². The summed E-state index contributed by atoms with van der Waals surface area (Å²) >= 11 is 0. The quantitative estimate of drug-likeness (QED) is 0.741. The summed E-state index contributed by atoms with van der Waals surface area (Å²) in [5.74, 6) is 0.177. The highest BCUT2D eigenvalue weighted by Crippen LogP contribution is 2.34. The first-order valence-corrected chi connectivity index (χ1v) is 11.9. The van der Waals surface area contributed by atoms with E-state index >= 15 is 0 Å². The van der Waals surface area contributed by atoms with E-state index in [4.69, 9.17) is 4.99 Å². The van der Waals surface area contributed by atoms with Crippen molar-refractivity contribution in [1.29, 1.82) is 0 Å². The molecular formula is C23H29FN4O2S. The SMILES string of the molecule is Cc1ccc(F)cc1S(=O)(=O)N1CC[C@]2(C1)NCc1ccccc1NC2=NC(C)(C)C. The lowest BCUT2D eigenvalue weighted by atomic mass is 9.95. The van der Waals surface area contributed by atoms with Crippen molar-refractivity contribution in [1.82, 2.24) is 9.62 Å². The molecule has 1 fully saturated rings. The van der Waals surface area contributed by atoms with Gasteiger partial charge in [0.15, 0.2) is 0 Å². The Kier molecular flexibility index (Phi) is 5.44. The summed E-state index contributed by atoms with van der Waals surface area (Å²) < 4.78 is 42.1. The largest absolute Gasteiger partial charge is 0.342 e. The van der Waals surface area contributed by atoms with Crippen LogP contribution in [0.1, 0.15) is 38.3 Å². The molecule has 2 aliphatic rings. The molecule has 0 radical (unpaired) electrons. The molecule has 6 nitrogen and oxygen atoms in total. The Bertz CT molecular complexity index is 1140. The number of aliphatic imine (C=N–C) groups is 1. The van der Waals surface area contributed by atoms with Crippen LogP contribution in [0.3, 0.4) is 0 Å². The molecule has 166 valence electrons. The van der Waals surface area contributed by atoms with Crippen molar-refractivity contribution in [3.05, 3.63) is 59.4 Å². The van der Waals surface area contributed by atoms with Gasteiger partial charge in [0.25, 0.3) is 0 Å². The van der Waals surface area contributed by atoms with Gasteiger partial charge >= 0.3 is 0 Å². The predicted molar refractivity (Wildman–Crippen MR) is 121 cm³/mol. The molecule has 0 aromatic heterocycles. The van der Waals surface area contributed by atoms with E-state index < -0.39 is 21.4 Å². The fourth-order valence-corrected chi connectivity index (χ4v) is 5.91. The molecule has 31 heavy (non-hydrogen) atoms. The van der Waals surface area contributed by atoms with Crippen LogP contribution in [0.2, 0.25) is 0 Å². The number of anilines is 1. The van der Waals surface area contributed by atoms with Gasteiger partial charge in [-0.15, -0.1) is 0 Å². The maximum atomic E-state index is 13.8. The van der Waals surface area contributed by atoms with Crippen LogP contribution in [0.15, 0.2) is 52.4 Å². The van der Waals surface area contributed by atoms with E-state index in [1.807, 2.05) is 45.0 Å². The molecule has 2 aromatic carbocycles. The number of hydrogen-bond acceptors (Lipinski definition) is 4. The molecule has 8 heteroatoms. The molecule has 0 amide bonds. The van der Waals surface area contributed by atoms with Gasteiger partial charge in [-0.25, -0.2) is 12.8 Å². The average Bonchev–Trinajstić information content (AvgIpc) is 3.08. The highest BCUT2D eigenvalue weighted by molar-refractivity contribution is 7.89. The smallest absolute Gasteiger partial charge is 0.243 e. The number of benzene rings is 2. The maximum Gasteiger partial charge on any atom is 0.243 e. The van der Waals surface area contributed by atoms with E-state index in [1.165, 1.54) is 16.4 Å². The number of nitrogens with zero attached hydrogens (tertiary/aromatic N) is 2. The Hall–Kier alpha value is -2.29. The van der Waals surface area contributed by atoms with Crippen molar-refractivity contribution in [2.45, 2.75) is 56.6 Å². The second-order valence-corrected chi connectivity index (χ2v) is 11.3. The lowest BCUT2D eigenvalue weighted by Crippen LogP contribution is -2.56. The van der Waals surface area contributed by atoms with Crippen molar-refractivity contribution in [2.24, 2.45) is 4.99 Å². The second-order valence-electron chi connectivity index (χ2n) is 9.35. The lowest BCUT2D eigenvalue weighted by Gasteiger charge is -2.32. The van der Waals surface area contributed by atoms with Crippen LogP contribution >= 0.6 is 0 Å². The number of sulfonamides is 1. The summed E-state index contributed by atoms with van der Waals surface area (Å²) in [4.78, 5) is 4.96. The van der Waals surface area contributed by atoms with E-state index in [9.17, 15) is 12.8 Å². The zero-order valence-electron chi connectivity index (χ0n) is 18.4. The first-order chi connectivity index (χ1) is 14.5. The second kappa shape index (κ2) is 7.69. The number of para-hydroxylation sites is 1. The summed E-state index contributed by atoms with van der Waals surface area (Å²) in [5, 5.41) is 7.08. The molecule has 0 unspecified atom stereocenters. The molecule has 1 spiro atoms. The van der Waals surface area contributed by atoms with Crippen LogP contribution in [0.25, 0.3) is 0 Å². The van der Waals surface area contributed by atoms with Gasteiger partial charge in [-0.3, -0.25) is 10.3 Å². The van der Waals surface area contributed by atoms with Gasteiger partial charge in [-0.2, -0.15) is 4.31 Å². The minimum atomic E-state index is -3.84. The molecule has 0 saturated carbocycles. The monoisotopic (exact) mass is 444 g/mol. The number of rotatable bonds is 2. The number of aryl methyl sites for hydroxylation is 1. The summed E-state index contributed by atoms with van der Waals surface area (Å²) in [6.45, 7) is 8.89. The first kappa shape index (κ1) is 21.9. The molecule has 1 saturated heterocycles. The fraction of sp³-hybridized carbons (Fsp3) is 0.435. The Morgan fingerprint density at radius 2 is 1.90 bits per heavy atom. The third-order valence-corrected chi connectivity index (χ3v) is 7.78. The summed E-state index contributed by atoms with van der Waals surface area (Å²) in [6.07, 6.45) is 0.566. The van der Waals surface area contributed by atoms with E-state index in [2.05, 4.69) is 10.6 Å². The van der Waals surface area contributed by atoms with Crippen LogP contribution in [0.4, 0.5) is 10.1 Å². The molecule has 0 aliphatic carbocycles. The normalized spacial score (nSPS) is 23.6. The van der Waals surface area contributed by atoms with Gasteiger partial charge in [0.1, 0.15) is 11.7 Å². The standard InChI is InChI=1S/C23H29FN4O2S/c1-16-9-10-18(24)13-20(16)31(29,30)28-12-11-23(15-28)21(27-22(2,3)4)26-19-8-6-5-7-17(19)14-25-23/h5-10,13,25H,11-12,14-15H2,1-4H3,(H,26,27)/t23-/m1/s1. The van der Waals surface area contributed by atoms with E-state index in [1.54, 1.807) is 6.92 Å². The lowest BCUT2D eigenvalue weighted by molar-refractivity contribution is 0.416. The Labute approximate surface area is 183 Å². The highest BCUT2D eigenvalue weighted by atomic mass is 32.2. The zero-order valence-corrected chi connectivity index (χ0v) is 19.2. The van der Waals surface area contributed by atoms with Crippen molar-refractivity contribution in [3.63, 3.8) is 0 Å². The number of amidine groups is 1. The Balaban J connectivity index is 1.73. The Morgan fingerprint density at radius 3 is 2.65 bits per heavy atom. The minimum absolute atomic E-state index is 0.0173. The highest BCUT2D eigenvalue weighted by Gasteiger charge is 2.48. The minimum Gasteiger partial charge on any atom is -0.342 e. The number of hydrogen-bond donors (Lipinski definition) is 2. The van der Waals surface area contributed by atoms with Crippen LogP contribution < -0.4 is 10.6 Å². The Morgan fingerprint density at radius 1 is 1.16 bits per heavy atom. The van der Waals surface area contributed by atoms with Gasteiger partial charge in [0.2, 0.25) is 10.0 Å². The van der Waals surface area contributed by atoms with Gasteiger partial charge in [-0.1, -0.05) is 24.3 Å². The van der Waals surface area contributed by atoms with Gasteiger partial charge < -0.3 is 5.32 Å². The van der Waals surface area contributed by atoms with Crippen LogP contribution in [-0.4, -0.2) is 42.7 Å². The van der Waals surface area contributed by atoms with Gasteiger partial charge in [0, 0.05) is 25.3 Å². The van der Waals surface area contributed by atoms with E-state index in [0.29, 0.717) is 25.1 Å². The van der Waals surface area contributed by atoms with E-state index in [0.717, 1.165) is 23.2 Å². The molecular weight excluding hydrogens is 415 g/mol. The summed E-state index contributed by atoms with van der Waals surface area (Å²) in [6, 6.07) is 11.9. The van der Waals surface area contributed by atoms with Crippen LogP contribution in [-0.2, 0) is 16.6 Å². The average molecular weight is 445 g/mol. The van der Waals surface area contributed by atoms with Crippen LogP contribution in [0.5, 0.6) is 0 Å². The molecule has 4 rings (SSSR count). The molecule has 2 heterocycles. The van der Waals surface area contributed by atoms with Gasteiger partial charge in [0.05, 0.1) is 16.0 Å². The van der Waals surface area contributed by atoms with Gasteiger partial charge in [-0.05, 0) is 63.4 Å². The maximum absolute atomic E-state index is 13.8. The van der Waals surface area contributed by atoms with Crippen molar-refractivity contribution in [3.8, 4) is 0 Å². The van der Waals surface area contributed by atoms with Crippen molar-refractivity contribution >= 4 is 21.5 Å². The predicted octanol–water partition coefficient (Wildman–Crippen LogP) is 3.68. The molecule has 2 aliphatic heterocycles. The molecule has 0 bridgehead atoms. The van der Waals surface area contributed by atoms with Crippen molar-refractivity contribution in [2.75, 3.05) is 18.4 Å². The zero-order chi connectivity index (χ0) is 22.4. The number of halogens is 1. The molecule has 2 aromatic rings. The van der Waals surface area contributed by atoms with E-state index in [-0.39, 0.29) is 17.0 Å². The summed E-state index contributed by atoms with van der Waals surface area (Å²) in [5.41, 5.74) is 1.60.